The van der Waals surface area contributed by atoms with Crippen molar-refractivity contribution in [3.63, 3.8) is 0 Å². The predicted octanol–water partition coefficient (Wildman–Crippen LogP) is 2.82. The van der Waals surface area contributed by atoms with Crippen LogP contribution in [-0.2, 0) is 13.5 Å². The molecule has 0 atom stereocenters. The Bertz CT molecular complexity index is 201. The third-order valence-electron chi connectivity index (χ3n) is 0.721. The molecule has 4 heteroatoms. The second-order valence-electron chi connectivity index (χ2n) is 1.32. The first-order valence-corrected chi connectivity index (χ1v) is 8.51. The van der Waals surface area contributed by atoms with Gasteiger partial charge in [-0.05, 0) is 0 Å². The average molecular weight is 268 g/mol. The zero-order chi connectivity index (χ0) is 6.69. The first-order valence-electron chi connectivity index (χ1n) is 2.16. The Kier molecular flexibility index (Phi) is 3.35. The van der Waals surface area contributed by atoms with Crippen molar-refractivity contribution in [3.8, 4) is 0 Å². The fourth-order valence-electron chi connectivity index (χ4n) is 0.425. The van der Waals surface area contributed by atoms with E-state index in [9.17, 15) is 0 Å². The fraction of sp³-hybridized carbons (Fsp3) is 0. The molecule has 1 aromatic rings. The molecule has 0 aliphatic heterocycles. The van der Waals surface area contributed by atoms with Crippen LogP contribution < -0.4 is 0 Å². The first kappa shape index (κ1) is 7.88. The van der Waals surface area contributed by atoms with Crippen LogP contribution in [0.3, 0.4) is 0 Å². The molecule has 0 saturated carbocycles. The third kappa shape index (κ3) is 2.90. The van der Waals surface area contributed by atoms with Crippen LogP contribution in [0.25, 0.3) is 0 Å². The number of thiophene rings is 1. The van der Waals surface area contributed by atoms with Gasteiger partial charge in [0.25, 0.3) is 0 Å². The van der Waals surface area contributed by atoms with Crippen molar-refractivity contribution < 1.29 is 13.5 Å². The van der Waals surface area contributed by atoms with Crippen LogP contribution in [0.5, 0.6) is 0 Å². The van der Waals surface area contributed by atoms with E-state index in [1.807, 2.05) is 22.1 Å². The first-order chi connectivity index (χ1) is 4.29. The summed E-state index contributed by atoms with van der Waals surface area (Å²) in [6.45, 7) is 0. The van der Waals surface area contributed by atoms with E-state index in [2.05, 4.69) is 0 Å². The summed E-state index contributed by atoms with van der Waals surface area (Å²) in [5.74, 6) is 0. The molecule has 0 saturated heterocycles. The molecular weight excluding hydrogens is 264 g/mol. The van der Waals surface area contributed by atoms with Crippen LogP contribution in [-0.4, -0.2) is 4.61 Å². The van der Waals surface area contributed by atoms with Crippen molar-refractivity contribution in [3.05, 3.63) is 22.4 Å². The zero-order valence-corrected chi connectivity index (χ0v) is 8.39. The Morgan fingerprint density at radius 3 is 2.78 bits per heavy atom. The number of rotatable bonds is 1. The van der Waals surface area contributed by atoms with E-state index in [1.54, 1.807) is 11.3 Å². The molecular formula is C5H4Cl2RuS. The van der Waals surface area contributed by atoms with Gasteiger partial charge in [0.2, 0.25) is 0 Å². The van der Waals surface area contributed by atoms with Gasteiger partial charge in [-0.15, -0.1) is 0 Å². The molecule has 0 fully saturated rings. The number of hydrogen-bond donors (Lipinski definition) is 0. The summed E-state index contributed by atoms with van der Waals surface area (Å²) in [6, 6.07) is 4.00. The topological polar surface area (TPSA) is 0 Å². The molecule has 0 nitrogen and oxygen atoms in total. The van der Waals surface area contributed by atoms with Gasteiger partial charge in [-0.1, -0.05) is 0 Å². The van der Waals surface area contributed by atoms with Crippen LogP contribution in [0, 0.1) is 0 Å². The van der Waals surface area contributed by atoms with Gasteiger partial charge < -0.3 is 0 Å². The van der Waals surface area contributed by atoms with Crippen LogP contribution in [0.2, 0.25) is 0 Å². The van der Waals surface area contributed by atoms with Crippen LogP contribution >= 0.6 is 30.7 Å². The number of halogens is 2. The Labute approximate surface area is 70.9 Å². The van der Waals surface area contributed by atoms with Crippen molar-refractivity contribution in [1.82, 2.24) is 0 Å². The molecule has 0 aliphatic carbocycles. The van der Waals surface area contributed by atoms with Crippen LogP contribution in [0.4, 0.5) is 0 Å². The molecule has 0 unspecified atom stereocenters. The minimum atomic E-state index is -1.57. The second kappa shape index (κ2) is 3.82. The summed E-state index contributed by atoms with van der Waals surface area (Å²) in [5, 5.41) is 2.01. The van der Waals surface area contributed by atoms with Gasteiger partial charge in [-0.3, -0.25) is 0 Å². The molecule has 52 valence electrons. The zero-order valence-electron chi connectivity index (χ0n) is 4.33. The Morgan fingerprint density at radius 1 is 1.56 bits per heavy atom. The van der Waals surface area contributed by atoms with Crippen molar-refractivity contribution >= 4 is 35.3 Å². The van der Waals surface area contributed by atoms with Crippen LogP contribution in [0.1, 0.15) is 4.88 Å². The molecule has 0 aromatic carbocycles. The summed E-state index contributed by atoms with van der Waals surface area (Å²) in [4.78, 5) is 1.18. The standard InChI is InChI=1S/C5H4S.2ClH.Ru/c1-5-3-2-4-6-5;;;/h1-4H;2*1H;/q;;;+2/p-2. The van der Waals surface area contributed by atoms with Crippen molar-refractivity contribution in [1.29, 1.82) is 0 Å². The Balaban J connectivity index is 2.80. The van der Waals surface area contributed by atoms with E-state index in [0.29, 0.717) is 0 Å². The molecule has 0 amide bonds. The summed E-state index contributed by atoms with van der Waals surface area (Å²) in [6.07, 6.45) is 0. The second-order valence-corrected chi connectivity index (χ2v) is 8.03. The van der Waals surface area contributed by atoms with Crippen LogP contribution in [0.15, 0.2) is 17.5 Å². The molecule has 0 N–H and O–H groups in total. The molecule has 0 aliphatic rings. The van der Waals surface area contributed by atoms with Gasteiger partial charge in [0.15, 0.2) is 0 Å². The third-order valence-corrected chi connectivity index (χ3v) is 3.70. The summed E-state index contributed by atoms with van der Waals surface area (Å²) >= 11 is 0.0926. The van der Waals surface area contributed by atoms with Gasteiger partial charge in [-0.2, -0.15) is 0 Å². The van der Waals surface area contributed by atoms with E-state index < -0.39 is 13.5 Å². The molecule has 1 rings (SSSR count). The van der Waals surface area contributed by atoms with Gasteiger partial charge in [-0.25, -0.2) is 0 Å². The fourth-order valence-corrected chi connectivity index (χ4v) is 3.86. The van der Waals surface area contributed by atoms with E-state index >= 15 is 0 Å². The van der Waals surface area contributed by atoms with Crippen molar-refractivity contribution in [2.24, 2.45) is 0 Å². The number of hydrogen-bond acceptors (Lipinski definition) is 1. The minimum absolute atomic E-state index is 1.18. The van der Waals surface area contributed by atoms with Gasteiger partial charge in [0.05, 0.1) is 0 Å². The summed E-state index contributed by atoms with van der Waals surface area (Å²) in [7, 11) is 11.3. The monoisotopic (exact) mass is 268 g/mol. The van der Waals surface area contributed by atoms with E-state index in [1.165, 1.54) is 4.88 Å². The molecule has 0 bridgehead atoms. The molecule has 1 aromatic heterocycles. The Hall–Kier alpha value is 0.773. The Morgan fingerprint density at radius 2 is 2.33 bits per heavy atom. The SMILES string of the molecule is [Cl][Ru]([Cl])=[CH]c1cccs1. The van der Waals surface area contributed by atoms with E-state index in [-0.39, 0.29) is 0 Å². The van der Waals surface area contributed by atoms with Gasteiger partial charge in [0.1, 0.15) is 0 Å². The normalized spacial score (nSPS) is 11.1. The average Bonchev–Trinajstić information content (AvgIpc) is 2.15. The van der Waals surface area contributed by atoms with Gasteiger partial charge in [0, 0.05) is 0 Å². The molecule has 1 heterocycles. The van der Waals surface area contributed by atoms with E-state index in [4.69, 9.17) is 19.4 Å². The van der Waals surface area contributed by atoms with Gasteiger partial charge >= 0.3 is 71.2 Å². The predicted molar refractivity (Wildman–Crippen MR) is 41.2 cm³/mol. The molecule has 0 spiro atoms. The maximum absolute atomic E-state index is 5.63. The summed E-state index contributed by atoms with van der Waals surface area (Å²) in [5.41, 5.74) is 0. The maximum atomic E-state index is 5.63. The molecule has 9 heavy (non-hydrogen) atoms. The summed E-state index contributed by atoms with van der Waals surface area (Å²) < 4.78 is 1.94. The quantitative estimate of drug-likeness (QED) is 0.687. The van der Waals surface area contributed by atoms with Crippen molar-refractivity contribution in [2.45, 2.75) is 0 Å². The van der Waals surface area contributed by atoms with E-state index in [0.717, 1.165) is 0 Å². The molecule has 0 radical (unpaired) electrons. The van der Waals surface area contributed by atoms with Crippen molar-refractivity contribution in [2.75, 3.05) is 0 Å².